The van der Waals surface area contributed by atoms with Crippen LogP contribution in [0.5, 0.6) is 0 Å². The fourth-order valence-electron chi connectivity index (χ4n) is 6.72. The topological polar surface area (TPSA) is 125 Å². The van der Waals surface area contributed by atoms with E-state index in [0.29, 0.717) is 45.4 Å². The number of aliphatic imine (C=N–C) groups is 1. The summed E-state index contributed by atoms with van der Waals surface area (Å²) in [6, 6.07) is 0.600. The molecule has 0 saturated heterocycles. The first-order valence-electron chi connectivity index (χ1n) is 17.4. The molecule has 11 heteroatoms. The van der Waals surface area contributed by atoms with Gasteiger partial charge in [-0.25, -0.2) is 14.6 Å². The van der Waals surface area contributed by atoms with Crippen molar-refractivity contribution < 1.29 is 32.4 Å². The summed E-state index contributed by atoms with van der Waals surface area (Å²) in [6.45, 7) is 21.3. The van der Waals surface area contributed by atoms with Gasteiger partial charge in [-0.2, -0.15) is 0 Å². The van der Waals surface area contributed by atoms with Crippen LogP contribution in [-0.2, 0) is 27.6 Å². The largest absolute Gasteiger partial charge is 0.500 e. The van der Waals surface area contributed by atoms with E-state index in [1.54, 1.807) is 6.08 Å². The van der Waals surface area contributed by atoms with Crippen LogP contribution in [0.4, 0.5) is 4.79 Å². The first-order chi connectivity index (χ1) is 21.2. The quantitative estimate of drug-likeness (QED) is 0.0511. The van der Waals surface area contributed by atoms with Crippen LogP contribution in [0.1, 0.15) is 133 Å². The van der Waals surface area contributed by atoms with E-state index in [1.807, 2.05) is 20.8 Å². The number of hydrogen-bond donors (Lipinski definition) is 2. The van der Waals surface area contributed by atoms with Gasteiger partial charge in [-0.3, -0.25) is 4.79 Å². The Kier molecular flexibility index (Phi) is 18.7. The number of ether oxygens (including phenoxy) is 1. The highest BCUT2D eigenvalue weighted by Crippen LogP contribution is 2.46. The number of rotatable bonds is 23. The summed E-state index contributed by atoms with van der Waals surface area (Å²) in [5.41, 5.74) is -0.367. The van der Waals surface area contributed by atoms with E-state index in [1.165, 1.54) is 0 Å². The molecule has 262 valence electrons. The molecule has 0 aromatic rings. The van der Waals surface area contributed by atoms with Crippen molar-refractivity contribution in [1.82, 2.24) is 10.6 Å². The fourth-order valence-corrected chi connectivity index (χ4v) is 9.70. The molecule has 1 aliphatic rings. The monoisotopic (exact) mass is 655 g/mol. The van der Waals surface area contributed by atoms with Crippen LogP contribution in [0.2, 0.25) is 6.04 Å². The highest BCUT2D eigenvalue weighted by Gasteiger charge is 2.42. The highest BCUT2D eigenvalue weighted by molar-refractivity contribution is 6.60. The minimum Gasteiger partial charge on any atom is -0.446 e. The molecule has 1 saturated carbocycles. The second kappa shape index (κ2) is 20.5. The molecule has 45 heavy (non-hydrogen) atoms. The maximum Gasteiger partial charge on any atom is 0.500 e. The summed E-state index contributed by atoms with van der Waals surface area (Å²) in [4.78, 5) is 40.8. The predicted octanol–water partition coefficient (Wildman–Crippen LogP) is 7.33. The highest BCUT2D eigenvalue weighted by atomic mass is 28.4. The first kappa shape index (κ1) is 41.2. The Balaban J connectivity index is 2.69. The summed E-state index contributed by atoms with van der Waals surface area (Å²) in [5.74, 6) is -0.0488. The van der Waals surface area contributed by atoms with Crippen molar-refractivity contribution in [3.63, 3.8) is 0 Å². The lowest BCUT2D eigenvalue weighted by molar-refractivity contribution is -0.122. The van der Waals surface area contributed by atoms with Crippen molar-refractivity contribution in [2.24, 2.45) is 21.2 Å². The van der Waals surface area contributed by atoms with Crippen molar-refractivity contribution in [2.75, 3.05) is 32.9 Å². The van der Waals surface area contributed by atoms with Crippen molar-refractivity contribution in [3.8, 4) is 0 Å². The predicted molar refractivity (Wildman–Crippen MR) is 181 cm³/mol. The van der Waals surface area contributed by atoms with Gasteiger partial charge in [0.05, 0.1) is 6.04 Å². The number of carbonyl (C=O) groups excluding carboxylic acids is 3. The van der Waals surface area contributed by atoms with E-state index in [9.17, 15) is 14.4 Å². The maximum atomic E-state index is 12.9. The van der Waals surface area contributed by atoms with Gasteiger partial charge >= 0.3 is 14.9 Å². The zero-order chi connectivity index (χ0) is 34.0. The molecule has 0 aliphatic heterocycles. The number of nitrogens with zero attached hydrogens (tertiary/aromatic N) is 1. The lowest BCUT2D eigenvalue weighted by Gasteiger charge is -2.45. The van der Waals surface area contributed by atoms with Gasteiger partial charge in [-0.1, -0.05) is 60.8 Å². The summed E-state index contributed by atoms with van der Waals surface area (Å²) in [7, 11) is -2.75. The number of isocyanates is 1. The first-order valence-corrected chi connectivity index (χ1v) is 19.3. The molecular formula is C34H65N3O7Si. The van der Waals surface area contributed by atoms with E-state index < -0.39 is 14.9 Å². The lowest BCUT2D eigenvalue weighted by atomic mass is 9.63. The molecule has 3 unspecified atom stereocenters. The van der Waals surface area contributed by atoms with Crippen molar-refractivity contribution >= 4 is 26.9 Å². The standard InChI is InChI=1S/C34H65N3O7Si/c1-10-14-15-16-17-29(44-31(40)36-26-34(9)23-28(37-27-38)22-33(7,8)24-34)18-19-30(39)35-25-32(5,6)20-21-45(41-11-2,42-12-3)43-13-4/h28-29H,10-26H2,1-9H3,(H,35,39)(H,36,40). The van der Waals surface area contributed by atoms with E-state index in [2.05, 4.69) is 57.2 Å². The normalized spacial score (nSPS) is 20.6. The smallest absolute Gasteiger partial charge is 0.446 e. The third-order valence-corrected chi connectivity index (χ3v) is 11.7. The van der Waals surface area contributed by atoms with Crippen LogP contribution >= 0.6 is 0 Å². The number of hydrogen-bond acceptors (Lipinski definition) is 8. The Bertz CT molecular complexity index is 908. The van der Waals surface area contributed by atoms with Crippen LogP contribution in [0, 0.1) is 16.2 Å². The van der Waals surface area contributed by atoms with Crippen molar-refractivity contribution in [3.05, 3.63) is 0 Å². The van der Waals surface area contributed by atoms with Crippen molar-refractivity contribution in [2.45, 2.75) is 151 Å². The SMILES string of the molecule is CCCCCCC(CCC(=O)NCC(C)(C)CC[Si](OCC)(OCC)OCC)OC(=O)NCC1(C)CC(N=C=O)CC(C)(C)C1. The van der Waals surface area contributed by atoms with E-state index in [-0.39, 0.29) is 40.7 Å². The Morgan fingerprint density at radius 1 is 0.956 bits per heavy atom. The number of nitrogens with one attached hydrogen (secondary N) is 2. The summed E-state index contributed by atoms with van der Waals surface area (Å²) >= 11 is 0. The van der Waals surface area contributed by atoms with Crippen LogP contribution in [0.15, 0.2) is 4.99 Å². The minimum atomic E-state index is -2.75. The second-order valence-corrected chi connectivity index (χ2v) is 17.4. The molecule has 3 atom stereocenters. The summed E-state index contributed by atoms with van der Waals surface area (Å²) < 4.78 is 23.9. The molecule has 0 radical (unpaired) electrons. The van der Waals surface area contributed by atoms with Gasteiger partial charge < -0.3 is 28.6 Å². The van der Waals surface area contributed by atoms with Gasteiger partial charge in [0.25, 0.3) is 0 Å². The third kappa shape index (κ3) is 17.1. The molecule has 1 aliphatic carbocycles. The molecule has 0 bridgehead atoms. The number of alkyl carbamates (subject to hydrolysis) is 1. The molecule has 2 N–H and O–H groups in total. The number of unbranched alkanes of at least 4 members (excludes halogenated alkanes) is 3. The molecule has 1 fully saturated rings. The Morgan fingerprint density at radius 3 is 2.18 bits per heavy atom. The number of carbonyl (C=O) groups is 2. The molecule has 0 spiro atoms. The molecule has 0 aromatic heterocycles. The van der Waals surface area contributed by atoms with Gasteiger partial charge in [0.2, 0.25) is 12.0 Å². The molecule has 0 heterocycles. The van der Waals surface area contributed by atoms with Gasteiger partial charge in [-0.15, -0.1) is 0 Å². The Morgan fingerprint density at radius 2 is 1.60 bits per heavy atom. The van der Waals surface area contributed by atoms with Gasteiger partial charge in [0.15, 0.2) is 0 Å². The van der Waals surface area contributed by atoms with Crippen LogP contribution in [-0.4, -0.2) is 71.9 Å². The average Bonchev–Trinajstić information content (AvgIpc) is 2.94. The van der Waals surface area contributed by atoms with E-state index in [4.69, 9.17) is 18.0 Å². The summed E-state index contributed by atoms with van der Waals surface area (Å²) in [5, 5.41) is 6.08. The van der Waals surface area contributed by atoms with Crippen LogP contribution in [0.3, 0.4) is 0 Å². The maximum absolute atomic E-state index is 12.9. The lowest BCUT2D eigenvalue weighted by Crippen LogP contribution is -2.47. The van der Waals surface area contributed by atoms with E-state index in [0.717, 1.165) is 57.8 Å². The van der Waals surface area contributed by atoms with Gasteiger partial charge in [0, 0.05) is 45.4 Å². The van der Waals surface area contributed by atoms with Crippen LogP contribution < -0.4 is 10.6 Å². The fraction of sp³-hybridized carbons (Fsp3) is 0.912. The zero-order valence-electron chi connectivity index (χ0n) is 30.0. The minimum absolute atomic E-state index is 0.00819. The average molecular weight is 656 g/mol. The zero-order valence-corrected chi connectivity index (χ0v) is 31.0. The number of amides is 2. The summed E-state index contributed by atoms with van der Waals surface area (Å²) in [6.07, 6.45) is 9.94. The van der Waals surface area contributed by atoms with Crippen molar-refractivity contribution in [1.29, 1.82) is 0 Å². The van der Waals surface area contributed by atoms with E-state index >= 15 is 0 Å². The molecule has 0 aromatic carbocycles. The molecule has 10 nitrogen and oxygen atoms in total. The Hall–Kier alpha value is -1.78. The third-order valence-electron chi connectivity index (χ3n) is 8.63. The Labute approximate surface area is 274 Å². The molecule has 2 amide bonds. The second-order valence-electron chi connectivity index (χ2n) is 14.6. The molecule has 1 rings (SSSR count). The van der Waals surface area contributed by atoms with Gasteiger partial charge in [-0.05, 0) is 82.0 Å². The molecular weight excluding hydrogens is 590 g/mol. The van der Waals surface area contributed by atoms with Gasteiger partial charge in [0.1, 0.15) is 6.10 Å². The van der Waals surface area contributed by atoms with Crippen LogP contribution in [0.25, 0.3) is 0 Å².